The second kappa shape index (κ2) is 8.88. The van der Waals surface area contributed by atoms with E-state index < -0.39 is 35.0 Å². The molecule has 6 nitrogen and oxygen atoms in total. The van der Waals surface area contributed by atoms with Crippen LogP contribution in [0, 0.1) is 17.6 Å². The Labute approximate surface area is 176 Å². The number of amides is 1. The molecule has 0 aromatic heterocycles. The summed E-state index contributed by atoms with van der Waals surface area (Å²) < 4.78 is 38.2. The van der Waals surface area contributed by atoms with Gasteiger partial charge in [0.15, 0.2) is 0 Å². The number of esters is 1. The van der Waals surface area contributed by atoms with Gasteiger partial charge in [0.25, 0.3) is 0 Å². The molecule has 1 amide bonds. The SMILES string of the molecule is COC(=O)[C@@H]1CN(C2CCN(C(=O)OC(C)(C)C)CC2)C[C@H]1c1ccc(F)cc1F. The molecule has 2 aliphatic heterocycles. The van der Waals surface area contributed by atoms with Gasteiger partial charge in [0.1, 0.15) is 17.2 Å². The first-order valence-electron chi connectivity index (χ1n) is 10.3. The number of ether oxygens (including phenoxy) is 2. The fourth-order valence-corrected chi connectivity index (χ4v) is 4.38. The summed E-state index contributed by atoms with van der Waals surface area (Å²) >= 11 is 0. The number of hydrogen-bond donors (Lipinski definition) is 0. The second-order valence-corrected chi connectivity index (χ2v) is 9.05. The fourth-order valence-electron chi connectivity index (χ4n) is 4.38. The van der Waals surface area contributed by atoms with E-state index in [0.717, 1.165) is 18.9 Å². The van der Waals surface area contributed by atoms with E-state index in [0.29, 0.717) is 31.7 Å². The van der Waals surface area contributed by atoms with Crippen molar-refractivity contribution in [3.05, 3.63) is 35.4 Å². The van der Waals surface area contributed by atoms with Crippen LogP contribution in [0.5, 0.6) is 0 Å². The molecule has 1 aromatic rings. The molecule has 166 valence electrons. The summed E-state index contributed by atoms with van der Waals surface area (Å²) in [6, 6.07) is 3.66. The van der Waals surface area contributed by atoms with Crippen LogP contribution in [0.4, 0.5) is 13.6 Å². The van der Waals surface area contributed by atoms with E-state index in [1.165, 1.54) is 19.2 Å². The van der Waals surface area contributed by atoms with Crippen molar-refractivity contribution in [3.8, 4) is 0 Å². The monoisotopic (exact) mass is 424 g/mol. The zero-order valence-corrected chi connectivity index (χ0v) is 18.0. The Morgan fingerprint density at radius 1 is 1.10 bits per heavy atom. The summed E-state index contributed by atoms with van der Waals surface area (Å²) in [4.78, 5) is 28.5. The lowest BCUT2D eigenvalue weighted by molar-refractivity contribution is -0.145. The normalized spacial score (nSPS) is 23.5. The molecule has 0 bridgehead atoms. The third-order valence-corrected chi connectivity index (χ3v) is 5.85. The highest BCUT2D eigenvalue weighted by atomic mass is 19.1. The van der Waals surface area contributed by atoms with Crippen LogP contribution in [-0.4, -0.2) is 66.8 Å². The van der Waals surface area contributed by atoms with Crippen molar-refractivity contribution in [2.24, 2.45) is 5.92 Å². The molecule has 0 spiro atoms. The third kappa shape index (κ3) is 5.09. The number of hydrogen-bond acceptors (Lipinski definition) is 5. The molecule has 3 rings (SSSR count). The number of rotatable bonds is 3. The zero-order chi connectivity index (χ0) is 22.1. The maximum atomic E-state index is 14.4. The van der Waals surface area contributed by atoms with Crippen LogP contribution in [0.15, 0.2) is 18.2 Å². The number of likely N-dealkylation sites (tertiary alicyclic amines) is 2. The van der Waals surface area contributed by atoms with Gasteiger partial charge in [-0.3, -0.25) is 9.69 Å². The van der Waals surface area contributed by atoms with Crippen molar-refractivity contribution in [1.29, 1.82) is 0 Å². The topological polar surface area (TPSA) is 59.1 Å². The standard InChI is InChI=1S/C22H30F2N2O4/c1-22(2,3)30-21(28)25-9-7-15(8-10-25)26-12-17(18(13-26)20(27)29-4)16-6-5-14(23)11-19(16)24/h5-6,11,15,17-18H,7-10,12-13H2,1-4H3/t17-,18+/m0/s1. The van der Waals surface area contributed by atoms with E-state index in [1.807, 2.05) is 20.8 Å². The molecule has 0 N–H and O–H groups in total. The fraction of sp³-hybridized carbons (Fsp3) is 0.636. The molecular formula is C22H30F2N2O4. The molecule has 0 unspecified atom stereocenters. The molecule has 0 aliphatic carbocycles. The molecule has 2 heterocycles. The van der Waals surface area contributed by atoms with E-state index in [-0.39, 0.29) is 12.1 Å². The van der Waals surface area contributed by atoms with Crippen molar-refractivity contribution in [2.45, 2.75) is 51.2 Å². The average molecular weight is 424 g/mol. The number of nitrogens with zero attached hydrogens (tertiary/aromatic N) is 2. The summed E-state index contributed by atoms with van der Waals surface area (Å²) in [5, 5.41) is 0. The van der Waals surface area contributed by atoms with Gasteiger partial charge in [0.05, 0.1) is 13.0 Å². The quantitative estimate of drug-likeness (QED) is 0.695. The van der Waals surface area contributed by atoms with Gasteiger partial charge < -0.3 is 14.4 Å². The molecule has 2 aliphatic rings. The van der Waals surface area contributed by atoms with Crippen molar-refractivity contribution in [3.63, 3.8) is 0 Å². The van der Waals surface area contributed by atoms with Gasteiger partial charge in [0, 0.05) is 44.2 Å². The lowest BCUT2D eigenvalue weighted by atomic mass is 9.88. The van der Waals surface area contributed by atoms with Crippen molar-refractivity contribution in [1.82, 2.24) is 9.80 Å². The Bertz CT molecular complexity index is 788. The predicted molar refractivity (Wildman–Crippen MR) is 107 cm³/mol. The number of carbonyl (C=O) groups is 2. The Hall–Kier alpha value is -2.22. The number of benzene rings is 1. The molecule has 0 radical (unpaired) electrons. The third-order valence-electron chi connectivity index (χ3n) is 5.85. The van der Waals surface area contributed by atoms with Crippen LogP contribution >= 0.6 is 0 Å². The lowest BCUT2D eigenvalue weighted by Gasteiger charge is -2.37. The summed E-state index contributed by atoms with van der Waals surface area (Å²) in [6.45, 7) is 7.57. The van der Waals surface area contributed by atoms with Gasteiger partial charge in [-0.25, -0.2) is 13.6 Å². The number of halogens is 2. The first kappa shape index (κ1) is 22.5. The number of methoxy groups -OCH3 is 1. The Balaban J connectivity index is 1.68. The van der Waals surface area contributed by atoms with E-state index >= 15 is 0 Å². The highest BCUT2D eigenvalue weighted by Gasteiger charge is 2.43. The minimum absolute atomic E-state index is 0.171. The van der Waals surface area contributed by atoms with Gasteiger partial charge in [-0.2, -0.15) is 0 Å². The molecular weight excluding hydrogens is 394 g/mol. The molecule has 0 saturated carbocycles. The van der Waals surface area contributed by atoms with Gasteiger partial charge in [-0.1, -0.05) is 6.07 Å². The second-order valence-electron chi connectivity index (χ2n) is 9.05. The molecule has 2 saturated heterocycles. The summed E-state index contributed by atoms with van der Waals surface area (Å²) in [7, 11) is 1.32. The molecule has 1 aromatic carbocycles. The largest absolute Gasteiger partial charge is 0.469 e. The summed E-state index contributed by atoms with van der Waals surface area (Å²) in [5.41, 5.74) is -0.205. The van der Waals surface area contributed by atoms with Crippen LogP contribution in [-0.2, 0) is 14.3 Å². The highest BCUT2D eigenvalue weighted by Crippen LogP contribution is 2.37. The first-order chi connectivity index (χ1) is 14.1. The van der Waals surface area contributed by atoms with Gasteiger partial charge in [-0.15, -0.1) is 0 Å². The van der Waals surface area contributed by atoms with Gasteiger partial charge in [0.2, 0.25) is 0 Å². The van der Waals surface area contributed by atoms with Crippen LogP contribution in [0.3, 0.4) is 0 Å². The van der Waals surface area contributed by atoms with Crippen LogP contribution in [0.2, 0.25) is 0 Å². The predicted octanol–water partition coefficient (Wildman–Crippen LogP) is 3.55. The van der Waals surface area contributed by atoms with Gasteiger partial charge in [-0.05, 0) is 45.2 Å². The van der Waals surface area contributed by atoms with Crippen molar-refractivity contribution >= 4 is 12.1 Å². The van der Waals surface area contributed by atoms with Crippen molar-refractivity contribution < 1.29 is 27.8 Å². The number of carbonyl (C=O) groups excluding carboxylic acids is 2. The average Bonchev–Trinajstić information content (AvgIpc) is 3.11. The Morgan fingerprint density at radius 3 is 2.33 bits per heavy atom. The minimum Gasteiger partial charge on any atom is -0.469 e. The van der Waals surface area contributed by atoms with Crippen LogP contribution < -0.4 is 0 Å². The molecule has 2 fully saturated rings. The van der Waals surface area contributed by atoms with Crippen molar-refractivity contribution in [2.75, 3.05) is 33.3 Å². The Morgan fingerprint density at radius 2 is 1.77 bits per heavy atom. The first-order valence-corrected chi connectivity index (χ1v) is 10.3. The lowest BCUT2D eigenvalue weighted by Crippen LogP contribution is -2.47. The number of piperidine rings is 1. The summed E-state index contributed by atoms with van der Waals surface area (Å²) in [6.07, 6.45) is 1.17. The maximum absolute atomic E-state index is 14.4. The van der Waals surface area contributed by atoms with E-state index in [4.69, 9.17) is 9.47 Å². The van der Waals surface area contributed by atoms with E-state index in [2.05, 4.69) is 4.90 Å². The van der Waals surface area contributed by atoms with Gasteiger partial charge >= 0.3 is 12.1 Å². The molecule has 8 heteroatoms. The van der Waals surface area contributed by atoms with Crippen LogP contribution in [0.25, 0.3) is 0 Å². The molecule has 2 atom stereocenters. The smallest absolute Gasteiger partial charge is 0.410 e. The Kier molecular flexibility index (Phi) is 6.65. The van der Waals surface area contributed by atoms with Crippen LogP contribution in [0.1, 0.15) is 45.1 Å². The zero-order valence-electron chi connectivity index (χ0n) is 18.0. The highest BCUT2D eigenvalue weighted by molar-refractivity contribution is 5.74. The van der Waals surface area contributed by atoms with E-state index in [9.17, 15) is 18.4 Å². The maximum Gasteiger partial charge on any atom is 0.410 e. The minimum atomic E-state index is -0.643. The van der Waals surface area contributed by atoms with E-state index in [1.54, 1.807) is 4.90 Å². The molecule has 30 heavy (non-hydrogen) atoms. The summed E-state index contributed by atoms with van der Waals surface area (Å²) in [5.74, 6) is -2.59.